The Balaban J connectivity index is 0.000000112. The van der Waals surface area contributed by atoms with Crippen LogP contribution in [0.1, 0.15) is 12.8 Å². The Morgan fingerprint density at radius 2 is 2.00 bits per heavy atom. The molecular formula is C9H13NO. The highest BCUT2D eigenvalue weighted by molar-refractivity contribution is 4.84. The topological polar surface area (TPSA) is 25.0 Å². The maximum Gasteiger partial charge on any atom is 0.0876 e. The number of ether oxygens (including phenoxy) is 1. The molecule has 0 bridgehead atoms. The van der Waals surface area contributed by atoms with Crippen molar-refractivity contribution in [1.82, 2.24) is 4.98 Å². The molecular weight excluding hydrogens is 138 g/mol. The van der Waals surface area contributed by atoms with Gasteiger partial charge in [-0.25, -0.2) is 0 Å². The molecule has 0 amide bonds. The SMILES string of the molecule is C1=COCCC1.c1cc[nH]c1. The van der Waals surface area contributed by atoms with Gasteiger partial charge >= 0.3 is 0 Å². The predicted octanol–water partition coefficient (Wildman–Crippen LogP) is 2.33. The van der Waals surface area contributed by atoms with Gasteiger partial charge in [0.2, 0.25) is 0 Å². The van der Waals surface area contributed by atoms with Crippen LogP contribution in [0.3, 0.4) is 0 Å². The smallest absolute Gasteiger partial charge is 0.0876 e. The highest BCUT2D eigenvalue weighted by Gasteiger charge is 1.86. The average Bonchev–Trinajstić information content (AvgIpc) is 2.64. The molecule has 0 atom stereocenters. The monoisotopic (exact) mass is 151 g/mol. The molecule has 2 nitrogen and oxygen atoms in total. The van der Waals surface area contributed by atoms with Gasteiger partial charge in [-0.15, -0.1) is 0 Å². The minimum atomic E-state index is 0.913. The van der Waals surface area contributed by atoms with Crippen LogP contribution in [0.4, 0.5) is 0 Å². The summed E-state index contributed by atoms with van der Waals surface area (Å²) in [7, 11) is 0. The van der Waals surface area contributed by atoms with E-state index in [1.807, 2.05) is 30.6 Å². The lowest BCUT2D eigenvalue weighted by molar-refractivity contribution is 0.231. The van der Waals surface area contributed by atoms with Gasteiger partial charge in [-0.1, -0.05) is 0 Å². The highest BCUT2D eigenvalue weighted by Crippen LogP contribution is 1.97. The van der Waals surface area contributed by atoms with Crippen molar-refractivity contribution in [1.29, 1.82) is 0 Å². The summed E-state index contributed by atoms with van der Waals surface area (Å²) in [5.74, 6) is 0. The van der Waals surface area contributed by atoms with E-state index in [2.05, 4.69) is 4.98 Å². The zero-order valence-corrected chi connectivity index (χ0v) is 6.49. The first-order valence-corrected chi connectivity index (χ1v) is 3.84. The summed E-state index contributed by atoms with van der Waals surface area (Å²) in [6, 6.07) is 3.89. The molecule has 1 aliphatic heterocycles. The molecule has 0 unspecified atom stereocenters. The lowest BCUT2D eigenvalue weighted by Gasteiger charge is -2.01. The van der Waals surface area contributed by atoms with Crippen molar-refractivity contribution in [3.8, 4) is 0 Å². The lowest BCUT2D eigenvalue weighted by Crippen LogP contribution is -1.90. The Kier molecular flexibility index (Phi) is 4.03. The van der Waals surface area contributed by atoms with Gasteiger partial charge in [-0.3, -0.25) is 0 Å². The molecule has 1 aromatic rings. The van der Waals surface area contributed by atoms with Crippen LogP contribution in [0.5, 0.6) is 0 Å². The quantitative estimate of drug-likeness (QED) is 0.604. The van der Waals surface area contributed by atoms with Crippen LogP contribution >= 0.6 is 0 Å². The van der Waals surface area contributed by atoms with E-state index in [1.165, 1.54) is 12.8 Å². The fourth-order valence-electron chi connectivity index (χ4n) is 0.766. The number of H-pyrrole nitrogens is 1. The summed E-state index contributed by atoms with van der Waals surface area (Å²) >= 11 is 0. The van der Waals surface area contributed by atoms with Crippen molar-refractivity contribution in [3.05, 3.63) is 36.9 Å². The van der Waals surface area contributed by atoms with E-state index in [0.717, 1.165) is 6.61 Å². The molecule has 0 spiro atoms. The normalized spacial score (nSPS) is 14.5. The van der Waals surface area contributed by atoms with E-state index in [4.69, 9.17) is 4.74 Å². The van der Waals surface area contributed by atoms with Crippen molar-refractivity contribution in [3.63, 3.8) is 0 Å². The van der Waals surface area contributed by atoms with Gasteiger partial charge in [0.05, 0.1) is 12.9 Å². The summed E-state index contributed by atoms with van der Waals surface area (Å²) in [6.45, 7) is 0.913. The lowest BCUT2D eigenvalue weighted by atomic mass is 10.3. The number of hydrogen-bond acceptors (Lipinski definition) is 1. The molecule has 0 saturated carbocycles. The van der Waals surface area contributed by atoms with Crippen LogP contribution in [0.2, 0.25) is 0 Å². The molecule has 1 aliphatic rings. The van der Waals surface area contributed by atoms with Crippen LogP contribution in [-0.2, 0) is 4.74 Å². The van der Waals surface area contributed by atoms with Gasteiger partial charge < -0.3 is 9.72 Å². The zero-order chi connectivity index (χ0) is 7.78. The van der Waals surface area contributed by atoms with Crippen molar-refractivity contribution < 1.29 is 4.74 Å². The maximum absolute atomic E-state index is 4.89. The van der Waals surface area contributed by atoms with E-state index in [0.29, 0.717) is 0 Å². The standard InChI is InChI=1S/C5H8O.C4H5N/c1-2-4-6-5-3-1;1-2-4-5-3-1/h2,4H,1,3,5H2;1-5H. The molecule has 0 aromatic carbocycles. The van der Waals surface area contributed by atoms with Crippen molar-refractivity contribution in [2.24, 2.45) is 0 Å². The average molecular weight is 151 g/mol. The van der Waals surface area contributed by atoms with Gasteiger partial charge in [-0.2, -0.15) is 0 Å². The van der Waals surface area contributed by atoms with Crippen molar-refractivity contribution >= 4 is 0 Å². The van der Waals surface area contributed by atoms with E-state index in [9.17, 15) is 0 Å². The zero-order valence-electron chi connectivity index (χ0n) is 6.49. The molecule has 0 fully saturated rings. The first kappa shape index (κ1) is 7.92. The van der Waals surface area contributed by atoms with Crippen LogP contribution in [0.25, 0.3) is 0 Å². The first-order chi connectivity index (χ1) is 5.50. The molecule has 11 heavy (non-hydrogen) atoms. The van der Waals surface area contributed by atoms with E-state index in [-0.39, 0.29) is 0 Å². The van der Waals surface area contributed by atoms with Crippen molar-refractivity contribution in [2.45, 2.75) is 12.8 Å². The molecule has 0 radical (unpaired) electrons. The number of nitrogens with one attached hydrogen (secondary N) is 1. The summed E-state index contributed by atoms with van der Waals surface area (Å²) in [6.07, 6.45) is 9.95. The predicted molar refractivity (Wildman–Crippen MR) is 45.1 cm³/mol. The molecule has 60 valence electrons. The van der Waals surface area contributed by atoms with E-state index in [1.54, 1.807) is 6.26 Å². The number of rotatable bonds is 0. The molecule has 2 heteroatoms. The first-order valence-electron chi connectivity index (χ1n) is 3.84. The largest absolute Gasteiger partial charge is 0.502 e. The maximum atomic E-state index is 4.89. The Labute approximate surface area is 66.9 Å². The second-order valence-electron chi connectivity index (χ2n) is 2.27. The van der Waals surface area contributed by atoms with Gasteiger partial charge in [-0.05, 0) is 31.1 Å². The number of hydrogen-bond donors (Lipinski definition) is 1. The second kappa shape index (κ2) is 5.59. The van der Waals surface area contributed by atoms with Gasteiger partial charge in [0, 0.05) is 12.4 Å². The van der Waals surface area contributed by atoms with Crippen LogP contribution in [0, 0.1) is 0 Å². The highest BCUT2D eigenvalue weighted by atomic mass is 16.5. The minimum absolute atomic E-state index is 0.913. The molecule has 0 saturated heterocycles. The fraction of sp³-hybridized carbons (Fsp3) is 0.333. The summed E-state index contributed by atoms with van der Waals surface area (Å²) < 4.78 is 4.89. The van der Waals surface area contributed by atoms with E-state index >= 15 is 0 Å². The molecule has 2 heterocycles. The second-order valence-corrected chi connectivity index (χ2v) is 2.27. The molecule has 0 aliphatic carbocycles. The van der Waals surface area contributed by atoms with Crippen molar-refractivity contribution in [2.75, 3.05) is 6.61 Å². The Morgan fingerprint density at radius 3 is 2.18 bits per heavy atom. The van der Waals surface area contributed by atoms with Gasteiger partial charge in [0.25, 0.3) is 0 Å². The summed E-state index contributed by atoms with van der Waals surface area (Å²) in [4.78, 5) is 2.86. The van der Waals surface area contributed by atoms with Crippen LogP contribution < -0.4 is 0 Å². The van der Waals surface area contributed by atoms with Gasteiger partial charge in [0.1, 0.15) is 0 Å². The summed E-state index contributed by atoms with van der Waals surface area (Å²) in [5.41, 5.74) is 0. The molecule has 1 N–H and O–H groups in total. The van der Waals surface area contributed by atoms with Gasteiger partial charge in [0.15, 0.2) is 0 Å². The third kappa shape index (κ3) is 4.25. The third-order valence-corrected chi connectivity index (χ3v) is 1.32. The number of aromatic amines is 1. The number of aromatic nitrogens is 1. The Morgan fingerprint density at radius 1 is 1.18 bits per heavy atom. The van der Waals surface area contributed by atoms with Crippen LogP contribution in [0.15, 0.2) is 36.9 Å². The Hall–Kier alpha value is -1.18. The number of allylic oxidation sites excluding steroid dienone is 1. The van der Waals surface area contributed by atoms with Crippen LogP contribution in [-0.4, -0.2) is 11.6 Å². The molecule has 2 rings (SSSR count). The Bertz CT molecular complexity index is 154. The third-order valence-electron chi connectivity index (χ3n) is 1.32. The minimum Gasteiger partial charge on any atom is -0.502 e. The van der Waals surface area contributed by atoms with E-state index < -0.39 is 0 Å². The fourth-order valence-corrected chi connectivity index (χ4v) is 0.766. The summed E-state index contributed by atoms with van der Waals surface area (Å²) in [5, 5.41) is 0. The molecule has 1 aromatic heterocycles.